The Morgan fingerprint density at radius 1 is 1.05 bits per heavy atom. The topological polar surface area (TPSA) is 160 Å². The number of hydrogen-bond acceptors (Lipinski definition) is 9. The van der Waals surface area contributed by atoms with Crippen molar-refractivity contribution in [1.82, 2.24) is 25.3 Å². The number of benzene rings is 2. The number of ether oxygens (including phenoxy) is 2. The number of fused-ring (bicyclic) bond motifs is 1. The Balaban J connectivity index is 1.35. The van der Waals surface area contributed by atoms with Gasteiger partial charge in [0.2, 0.25) is 5.91 Å². The molecular formula is C29H34N8O4. The minimum Gasteiger partial charge on any atom is -0.487 e. The zero-order valence-corrected chi connectivity index (χ0v) is 23.3. The predicted octanol–water partition coefficient (Wildman–Crippen LogP) is 4.02. The van der Waals surface area contributed by atoms with E-state index < -0.39 is 23.1 Å². The molecule has 0 atom stereocenters. The van der Waals surface area contributed by atoms with Crippen molar-refractivity contribution in [3.63, 3.8) is 0 Å². The van der Waals surface area contributed by atoms with E-state index in [2.05, 4.69) is 30.6 Å². The van der Waals surface area contributed by atoms with Gasteiger partial charge in [0, 0.05) is 13.1 Å². The molecule has 1 fully saturated rings. The lowest BCUT2D eigenvalue weighted by Gasteiger charge is -2.41. The average molecular weight is 559 g/mol. The summed E-state index contributed by atoms with van der Waals surface area (Å²) < 4.78 is 11.5. The Morgan fingerprint density at radius 2 is 1.80 bits per heavy atom. The lowest BCUT2D eigenvalue weighted by Crippen LogP contribution is -2.62. The van der Waals surface area contributed by atoms with Crippen LogP contribution < -0.4 is 26.0 Å². The first-order valence-electron chi connectivity index (χ1n) is 13.4. The Morgan fingerprint density at radius 3 is 2.54 bits per heavy atom. The maximum Gasteiger partial charge on any atom is 0.408 e. The molecule has 1 aliphatic rings. The van der Waals surface area contributed by atoms with E-state index in [1.54, 1.807) is 45.3 Å². The quantitative estimate of drug-likeness (QED) is 0.246. The molecule has 0 radical (unpaired) electrons. The van der Waals surface area contributed by atoms with Gasteiger partial charge in [0.15, 0.2) is 11.5 Å². The van der Waals surface area contributed by atoms with Gasteiger partial charge in [-0.3, -0.25) is 4.79 Å². The minimum absolute atomic E-state index is 0.290. The van der Waals surface area contributed by atoms with Gasteiger partial charge in [-0.1, -0.05) is 36.4 Å². The molecule has 0 saturated carbocycles. The van der Waals surface area contributed by atoms with Gasteiger partial charge < -0.3 is 35.7 Å². The summed E-state index contributed by atoms with van der Waals surface area (Å²) in [5.41, 5.74) is 7.36. The van der Waals surface area contributed by atoms with Crippen molar-refractivity contribution in [3.8, 4) is 5.75 Å². The van der Waals surface area contributed by atoms with Gasteiger partial charge in [-0.15, -0.1) is 0 Å². The molecule has 12 nitrogen and oxygen atoms in total. The third-order valence-electron chi connectivity index (χ3n) is 6.84. The maximum absolute atomic E-state index is 13.9. The van der Waals surface area contributed by atoms with Crippen LogP contribution in [0.4, 0.5) is 22.0 Å². The van der Waals surface area contributed by atoms with E-state index in [1.165, 1.54) is 6.33 Å². The summed E-state index contributed by atoms with van der Waals surface area (Å²) in [6, 6.07) is 14.9. The number of para-hydroxylation sites is 1. The van der Waals surface area contributed by atoms with Crippen molar-refractivity contribution in [2.75, 3.05) is 29.0 Å². The number of amides is 2. The van der Waals surface area contributed by atoms with Gasteiger partial charge >= 0.3 is 6.09 Å². The molecule has 5 N–H and O–H groups in total. The monoisotopic (exact) mass is 558 g/mol. The summed E-state index contributed by atoms with van der Waals surface area (Å²) in [4.78, 5) is 44.8. The van der Waals surface area contributed by atoms with Crippen LogP contribution in [0.2, 0.25) is 0 Å². The van der Waals surface area contributed by atoms with E-state index in [0.717, 1.165) is 5.56 Å². The fourth-order valence-corrected chi connectivity index (χ4v) is 4.75. The summed E-state index contributed by atoms with van der Waals surface area (Å²) in [6.45, 7) is 6.50. The number of carbonyl (C=O) groups excluding carboxylic acids is 2. The molecule has 0 spiro atoms. The number of nitrogens with one attached hydrogen (secondary N) is 3. The SMILES string of the molecule is CC(C)(C)OC(=O)NC1(C(=O)Nc2cccc(OCc3ccccc3)c2N)CCN(c2ncnc3[nH]cnc23)CC1. The number of piperidine rings is 1. The largest absolute Gasteiger partial charge is 0.487 e. The lowest BCUT2D eigenvalue weighted by atomic mass is 9.86. The number of hydrogen-bond donors (Lipinski definition) is 4. The van der Waals surface area contributed by atoms with Crippen LogP contribution in [0.15, 0.2) is 61.2 Å². The van der Waals surface area contributed by atoms with E-state index in [9.17, 15) is 9.59 Å². The van der Waals surface area contributed by atoms with Gasteiger partial charge in [-0.25, -0.2) is 19.7 Å². The van der Waals surface area contributed by atoms with Crippen LogP contribution in [0.25, 0.3) is 11.2 Å². The Bertz CT molecular complexity index is 1520. The Labute approximate surface area is 237 Å². The molecule has 4 aromatic rings. The Hall–Kier alpha value is -4.87. The van der Waals surface area contributed by atoms with Crippen LogP contribution in [0.1, 0.15) is 39.2 Å². The number of nitrogen functional groups attached to an aromatic ring is 1. The van der Waals surface area contributed by atoms with Crippen LogP contribution in [-0.4, -0.2) is 56.2 Å². The summed E-state index contributed by atoms with van der Waals surface area (Å²) in [6.07, 6.45) is 2.94. The fraction of sp³-hybridized carbons (Fsp3) is 0.345. The standard InChI is InChI=1S/C29H34N8O4/c1-28(2,3)41-27(39)36-29(12-14-37(15-13-29)25-23-24(32-17-31-23)33-18-34-25)26(38)35-20-10-7-11-21(22(20)30)40-16-19-8-5-4-6-9-19/h4-11,17-18H,12-16,30H2,1-3H3,(H,35,38)(H,36,39)(H,31,32,33,34). The highest BCUT2D eigenvalue weighted by molar-refractivity contribution is 6.02. The molecular weight excluding hydrogens is 524 g/mol. The number of imidazole rings is 1. The highest BCUT2D eigenvalue weighted by atomic mass is 16.6. The molecule has 12 heteroatoms. The van der Waals surface area contributed by atoms with Crippen LogP contribution in [0.5, 0.6) is 5.75 Å². The zero-order chi connectivity index (χ0) is 29.0. The smallest absolute Gasteiger partial charge is 0.408 e. The molecule has 41 heavy (non-hydrogen) atoms. The van der Waals surface area contributed by atoms with Crippen LogP contribution >= 0.6 is 0 Å². The first-order chi connectivity index (χ1) is 19.6. The van der Waals surface area contributed by atoms with Gasteiger partial charge in [-0.2, -0.15) is 0 Å². The summed E-state index contributed by atoms with van der Waals surface area (Å²) in [7, 11) is 0. The second-order valence-electron chi connectivity index (χ2n) is 10.9. The number of aromatic amines is 1. The molecule has 1 aliphatic heterocycles. The normalized spacial score (nSPS) is 14.9. The van der Waals surface area contributed by atoms with Crippen molar-refractivity contribution in [1.29, 1.82) is 0 Å². The van der Waals surface area contributed by atoms with Crippen LogP contribution in [-0.2, 0) is 16.1 Å². The van der Waals surface area contributed by atoms with Crippen LogP contribution in [0.3, 0.4) is 0 Å². The van der Waals surface area contributed by atoms with Crippen molar-refractivity contribution in [2.24, 2.45) is 0 Å². The van der Waals surface area contributed by atoms with Gasteiger partial charge in [0.25, 0.3) is 0 Å². The van der Waals surface area contributed by atoms with Crippen molar-refractivity contribution < 1.29 is 19.1 Å². The average Bonchev–Trinajstić information content (AvgIpc) is 3.43. The number of H-pyrrole nitrogens is 1. The number of aromatic nitrogens is 4. The number of carbonyl (C=O) groups is 2. The first kappa shape index (κ1) is 27.7. The molecule has 0 bridgehead atoms. The van der Waals surface area contributed by atoms with Crippen molar-refractivity contribution in [2.45, 2.75) is 51.4 Å². The van der Waals surface area contributed by atoms with Crippen LogP contribution in [0, 0.1) is 0 Å². The molecule has 5 rings (SSSR count). The summed E-state index contributed by atoms with van der Waals surface area (Å²) in [5, 5.41) is 5.80. The van der Waals surface area contributed by atoms with Gasteiger partial charge in [0.1, 0.15) is 35.3 Å². The number of anilines is 3. The molecule has 2 aromatic carbocycles. The van der Waals surface area contributed by atoms with Crippen molar-refractivity contribution in [3.05, 3.63) is 66.7 Å². The maximum atomic E-state index is 13.9. The predicted molar refractivity (Wildman–Crippen MR) is 155 cm³/mol. The molecule has 3 heterocycles. The van der Waals surface area contributed by atoms with E-state index in [1.807, 2.05) is 35.2 Å². The Kier molecular flexibility index (Phi) is 7.64. The van der Waals surface area contributed by atoms with E-state index >= 15 is 0 Å². The molecule has 0 aliphatic carbocycles. The van der Waals surface area contributed by atoms with E-state index in [-0.39, 0.29) is 12.8 Å². The summed E-state index contributed by atoms with van der Waals surface area (Å²) in [5.74, 6) is 0.708. The molecule has 2 aromatic heterocycles. The first-order valence-corrected chi connectivity index (χ1v) is 13.4. The lowest BCUT2D eigenvalue weighted by molar-refractivity contribution is -0.123. The number of alkyl carbamates (subject to hydrolysis) is 1. The molecule has 214 valence electrons. The second-order valence-corrected chi connectivity index (χ2v) is 10.9. The highest BCUT2D eigenvalue weighted by Gasteiger charge is 2.44. The second kappa shape index (κ2) is 11.3. The number of nitrogens with zero attached hydrogens (tertiary/aromatic N) is 4. The van der Waals surface area contributed by atoms with Gasteiger partial charge in [-0.05, 0) is 51.3 Å². The zero-order valence-electron chi connectivity index (χ0n) is 23.3. The van der Waals surface area contributed by atoms with Crippen molar-refractivity contribution >= 4 is 40.4 Å². The van der Waals surface area contributed by atoms with E-state index in [4.69, 9.17) is 15.2 Å². The highest BCUT2D eigenvalue weighted by Crippen LogP contribution is 2.33. The third-order valence-corrected chi connectivity index (χ3v) is 6.84. The molecule has 1 saturated heterocycles. The molecule has 0 unspecified atom stereocenters. The summed E-state index contributed by atoms with van der Waals surface area (Å²) >= 11 is 0. The fourth-order valence-electron chi connectivity index (χ4n) is 4.75. The minimum atomic E-state index is -1.26. The van der Waals surface area contributed by atoms with Gasteiger partial charge in [0.05, 0.1) is 17.7 Å². The number of rotatable bonds is 7. The number of nitrogens with two attached hydrogens (primary N) is 1. The molecule has 2 amide bonds. The third kappa shape index (κ3) is 6.32. The van der Waals surface area contributed by atoms with E-state index in [0.29, 0.717) is 53.8 Å².